The van der Waals surface area contributed by atoms with Gasteiger partial charge in [0.25, 0.3) is 0 Å². The van der Waals surface area contributed by atoms with E-state index < -0.39 is 18.3 Å². The highest BCUT2D eigenvalue weighted by Gasteiger charge is 2.22. The molecule has 2 N–H and O–H groups in total. The lowest BCUT2D eigenvalue weighted by molar-refractivity contribution is -0.145. The van der Waals surface area contributed by atoms with Crippen LogP contribution in [0.2, 0.25) is 10.0 Å². The van der Waals surface area contributed by atoms with E-state index in [-0.39, 0.29) is 29.5 Å². The first-order valence-corrected chi connectivity index (χ1v) is 12.9. The van der Waals surface area contributed by atoms with E-state index >= 15 is 0 Å². The Morgan fingerprint density at radius 2 is 2.09 bits per heavy atom. The SMILES string of the molecule is CCOC(=O)CC(=O)Nc1nnc(SCC(=O)NCC2CN(c3ccc(Cl)c(Cl)c3)CCO2)s1. The molecule has 1 aliphatic rings. The first kappa shape index (κ1) is 26.5. The zero-order valence-electron chi connectivity index (χ0n) is 18.2. The number of thioether (sulfide) groups is 1. The molecule has 1 saturated heterocycles. The van der Waals surface area contributed by atoms with Crippen LogP contribution in [0.5, 0.6) is 0 Å². The summed E-state index contributed by atoms with van der Waals surface area (Å²) in [6, 6.07) is 5.48. The van der Waals surface area contributed by atoms with E-state index in [4.69, 9.17) is 32.7 Å². The highest BCUT2D eigenvalue weighted by atomic mass is 35.5. The van der Waals surface area contributed by atoms with Crippen molar-refractivity contribution < 1.29 is 23.9 Å². The van der Waals surface area contributed by atoms with Crippen molar-refractivity contribution >= 4 is 74.9 Å². The van der Waals surface area contributed by atoms with Gasteiger partial charge in [-0.15, -0.1) is 10.2 Å². The second-order valence-corrected chi connectivity index (χ2v) is 10.0. The summed E-state index contributed by atoms with van der Waals surface area (Å²) in [5, 5.41) is 14.4. The van der Waals surface area contributed by atoms with Gasteiger partial charge in [-0.3, -0.25) is 19.7 Å². The van der Waals surface area contributed by atoms with Gasteiger partial charge < -0.3 is 19.7 Å². The smallest absolute Gasteiger partial charge is 0.315 e. The number of nitrogens with zero attached hydrogens (tertiary/aromatic N) is 3. The Kier molecular flexibility index (Phi) is 10.2. The van der Waals surface area contributed by atoms with Crippen molar-refractivity contribution in [2.45, 2.75) is 23.8 Å². The molecule has 2 amide bonds. The number of amides is 2. The quantitative estimate of drug-likeness (QED) is 0.200. The summed E-state index contributed by atoms with van der Waals surface area (Å²) < 4.78 is 11.0. The number of anilines is 2. The minimum Gasteiger partial charge on any atom is -0.466 e. The molecule has 1 fully saturated rings. The first-order chi connectivity index (χ1) is 16.3. The Labute approximate surface area is 214 Å². The van der Waals surface area contributed by atoms with Crippen LogP contribution >= 0.6 is 46.3 Å². The van der Waals surface area contributed by atoms with Crippen LogP contribution in [0.4, 0.5) is 10.8 Å². The molecule has 1 aromatic carbocycles. The van der Waals surface area contributed by atoms with Gasteiger partial charge in [-0.1, -0.05) is 46.3 Å². The fourth-order valence-electron chi connectivity index (χ4n) is 2.99. The summed E-state index contributed by atoms with van der Waals surface area (Å²) in [6.07, 6.45) is -0.566. The van der Waals surface area contributed by atoms with Gasteiger partial charge in [-0.25, -0.2) is 0 Å². The van der Waals surface area contributed by atoms with Crippen LogP contribution in [0.1, 0.15) is 13.3 Å². The largest absolute Gasteiger partial charge is 0.466 e. The predicted octanol–water partition coefficient (Wildman–Crippen LogP) is 2.85. The van der Waals surface area contributed by atoms with E-state index in [0.29, 0.717) is 40.6 Å². The Morgan fingerprint density at radius 1 is 1.26 bits per heavy atom. The number of esters is 1. The summed E-state index contributed by atoms with van der Waals surface area (Å²) >= 11 is 14.4. The number of carbonyl (C=O) groups is 3. The van der Waals surface area contributed by atoms with E-state index in [9.17, 15) is 14.4 Å². The summed E-state index contributed by atoms with van der Waals surface area (Å²) in [5.74, 6) is -1.19. The third-order valence-electron chi connectivity index (χ3n) is 4.52. The molecule has 1 aliphatic heterocycles. The van der Waals surface area contributed by atoms with Crippen LogP contribution < -0.4 is 15.5 Å². The van der Waals surface area contributed by atoms with Gasteiger partial charge in [0.2, 0.25) is 16.9 Å². The molecule has 2 aromatic rings. The van der Waals surface area contributed by atoms with E-state index in [2.05, 4.69) is 25.7 Å². The average molecular weight is 548 g/mol. The first-order valence-electron chi connectivity index (χ1n) is 10.3. The molecule has 0 radical (unpaired) electrons. The zero-order chi connectivity index (χ0) is 24.5. The average Bonchev–Trinajstić information content (AvgIpc) is 3.25. The lowest BCUT2D eigenvalue weighted by Gasteiger charge is -2.34. The maximum Gasteiger partial charge on any atom is 0.315 e. The summed E-state index contributed by atoms with van der Waals surface area (Å²) in [5.41, 5.74) is 0.950. The van der Waals surface area contributed by atoms with E-state index in [1.807, 2.05) is 12.1 Å². The van der Waals surface area contributed by atoms with Crippen LogP contribution in [-0.2, 0) is 23.9 Å². The summed E-state index contributed by atoms with van der Waals surface area (Å²) in [4.78, 5) is 37.5. The van der Waals surface area contributed by atoms with E-state index in [0.717, 1.165) is 17.0 Å². The molecule has 1 atom stereocenters. The minimum absolute atomic E-state index is 0.134. The van der Waals surface area contributed by atoms with Crippen molar-refractivity contribution in [1.29, 1.82) is 0 Å². The third-order valence-corrected chi connectivity index (χ3v) is 7.23. The molecule has 1 unspecified atom stereocenters. The molecule has 34 heavy (non-hydrogen) atoms. The number of hydrogen-bond acceptors (Lipinski definition) is 10. The Bertz CT molecular complexity index is 1020. The van der Waals surface area contributed by atoms with Gasteiger partial charge in [0, 0.05) is 25.3 Å². The summed E-state index contributed by atoms with van der Waals surface area (Å²) in [7, 11) is 0. The number of ether oxygens (including phenoxy) is 2. The number of morpholine rings is 1. The second-order valence-electron chi connectivity index (χ2n) is 7.03. The molecule has 0 aliphatic carbocycles. The normalized spacial score (nSPS) is 15.6. The minimum atomic E-state index is -0.613. The molecular formula is C20H23Cl2N5O5S2. The summed E-state index contributed by atoms with van der Waals surface area (Å²) in [6.45, 7) is 4.09. The number of carbonyl (C=O) groups excluding carboxylic acids is 3. The standard InChI is InChI=1S/C20H23Cl2N5O5S2/c1-2-31-18(30)8-16(28)24-19-25-26-20(34-19)33-11-17(29)23-9-13-10-27(5-6-32-13)12-3-4-14(21)15(22)7-12/h3-4,7,13H,2,5-6,8-11H2,1H3,(H,23,29)(H,24,25,28). The predicted molar refractivity (Wildman–Crippen MR) is 132 cm³/mol. The molecule has 14 heteroatoms. The molecule has 0 bridgehead atoms. The molecule has 3 rings (SSSR count). The van der Waals surface area contributed by atoms with Gasteiger partial charge in [0.1, 0.15) is 6.42 Å². The van der Waals surface area contributed by atoms with E-state index in [1.54, 1.807) is 13.0 Å². The molecule has 2 heterocycles. The fourth-order valence-corrected chi connectivity index (χ4v) is 4.88. The number of benzene rings is 1. The van der Waals surface area contributed by atoms with Crippen LogP contribution in [0.3, 0.4) is 0 Å². The Balaban J connectivity index is 1.38. The second kappa shape index (κ2) is 13.1. The van der Waals surface area contributed by atoms with Crippen LogP contribution in [0, 0.1) is 0 Å². The van der Waals surface area contributed by atoms with E-state index in [1.165, 1.54) is 11.8 Å². The Morgan fingerprint density at radius 3 is 2.85 bits per heavy atom. The van der Waals surface area contributed by atoms with Crippen LogP contribution in [0.15, 0.2) is 22.5 Å². The van der Waals surface area contributed by atoms with Crippen molar-refractivity contribution in [1.82, 2.24) is 15.5 Å². The van der Waals surface area contributed by atoms with Gasteiger partial charge in [-0.2, -0.15) is 0 Å². The van der Waals surface area contributed by atoms with Gasteiger partial charge >= 0.3 is 5.97 Å². The number of rotatable bonds is 10. The number of hydrogen-bond donors (Lipinski definition) is 2. The van der Waals surface area contributed by atoms with Crippen molar-refractivity contribution in [3.05, 3.63) is 28.2 Å². The highest BCUT2D eigenvalue weighted by Crippen LogP contribution is 2.28. The molecule has 10 nitrogen and oxygen atoms in total. The molecule has 0 spiro atoms. The van der Waals surface area contributed by atoms with Crippen molar-refractivity contribution in [3.8, 4) is 0 Å². The topological polar surface area (TPSA) is 123 Å². The third kappa shape index (κ3) is 8.27. The Hall–Kier alpha value is -2.12. The highest BCUT2D eigenvalue weighted by molar-refractivity contribution is 8.01. The van der Waals surface area contributed by atoms with Gasteiger partial charge in [0.05, 0.1) is 35.1 Å². The number of nitrogens with one attached hydrogen (secondary N) is 2. The van der Waals surface area contributed by atoms with Crippen molar-refractivity contribution in [2.75, 3.05) is 48.8 Å². The zero-order valence-corrected chi connectivity index (χ0v) is 21.4. The van der Waals surface area contributed by atoms with Gasteiger partial charge in [0.15, 0.2) is 4.34 Å². The molecule has 0 saturated carbocycles. The van der Waals surface area contributed by atoms with Crippen molar-refractivity contribution in [2.24, 2.45) is 0 Å². The van der Waals surface area contributed by atoms with Gasteiger partial charge in [-0.05, 0) is 25.1 Å². The maximum absolute atomic E-state index is 12.3. The van der Waals surface area contributed by atoms with Crippen LogP contribution in [-0.4, -0.2) is 72.7 Å². The lowest BCUT2D eigenvalue weighted by Crippen LogP contribution is -2.47. The monoisotopic (exact) mass is 547 g/mol. The number of aromatic nitrogens is 2. The number of halogens is 2. The fraction of sp³-hybridized carbons (Fsp3) is 0.450. The van der Waals surface area contributed by atoms with Crippen molar-refractivity contribution in [3.63, 3.8) is 0 Å². The maximum atomic E-state index is 12.3. The molecule has 184 valence electrons. The molecule has 1 aromatic heterocycles. The lowest BCUT2D eigenvalue weighted by atomic mass is 10.2. The van der Waals surface area contributed by atoms with Crippen LogP contribution in [0.25, 0.3) is 0 Å². The molecular weight excluding hydrogens is 525 g/mol.